The molecule has 0 aromatic heterocycles. The third-order valence-corrected chi connectivity index (χ3v) is 1.26. The molecule has 3 heteroatoms. The smallest absolute Gasteiger partial charge is 0.0832 e. The first-order valence-corrected chi connectivity index (χ1v) is 2.73. The third-order valence-electron chi connectivity index (χ3n) is 1.26. The van der Waals surface area contributed by atoms with Crippen LogP contribution in [-0.2, 0) is 4.74 Å². The molecule has 0 bridgehead atoms. The fourth-order valence-corrected chi connectivity index (χ4v) is 0.814. The Morgan fingerprint density at radius 3 is 2.62 bits per heavy atom. The second-order valence-corrected chi connectivity index (χ2v) is 2.03. The molecule has 0 spiro atoms. The second-order valence-electron chi connectivity index (χ2n) is 2.03. The van der Waals surface area contributed by atoms with Crippen LogP contribution in [-0.4, -0.2) is 35.6 Å². The lowest BCUT2D eigenvalue weighted by atomic mass is 10.2. The first kappa shape index (κ1) is 6.01. The lowest BCUT2D eigenvalue weighted by Crippen LogP contribution is -2.10. The van der Waals surface area contributed by atoms with Crippen molar-refractivity contribution in [3.63, 3.8) is 0 Å². The maximum atomic E-state index is 8.79. The first-order valence-electron chi connectivity index (χ1n) is 2.73. The van der Waals surface area contributed by atoms with Gasteiger partial charge in [0.25, 0.3) is 0 Å². The standard InChI is InChI=1S/C5H10O3/c6-2-5-1-4(7)3-8-5/h4-7H,1-3H2/t4?,5-/m0/s1. The van der Waals surface area contributed by atoms with Crippen molar-refractivity contribution >= 4 is 0 Å². The van der Waals surface area contributed by atoms with Gasteiger partial charge in [-0.15, -0.1) is 0 Å². The van der Waals surface area contributed by atoms with Crippen molar-refractivity contribution in [3.05, 3.63) is 0 Å². The van der Waals surface area contributed by atoms with Crippen LogP contribution in [0.5, 0.6) is 0 Å². The van der Waals surface area contributed by atoms with E-state index in [0.29, 0.717) is 13.0 Å². The Morgan fingerprint density at radius 2 is 2.38 bits per heavy atom. The molecule has 0 saturated carbocycles. The Hall–Kier alpha value is -0.120. The van der Waals surface area contributed by atoms with E-state index in [1.54, 1.807) is 0 Å². The SMILES string of the molecule is OC[C@@H]1CC(O)CO1. The maximum Gasteiger partial charge on any atom is 0.0832 e. The van der Waals surface area contributed by atoms with Crippen molar-refractivity contribution in [2.45, 2.75) is 18.6 Å². The molecule has 0 aromatic carbocycles. The van der Waals surface area contributed by atoms with Crippen molar-refractivity contribution in [2.75, 3.05) is 13.2 Å². The van der Waals surface area contributed by atoms with Gasteiger partial charge in [0.1, 0.15) is 0 Å². The van der Waals surface area contributed by atoms with Gasteiger partial charge in [-0.1, -0.05) is 0 Å². The number of aliphatic hydroxyl groups is 2. The Bertz CT molecular complexity index is 74.1. The number of hydrogen-bond donors (Lipinski definition) is 2. The number of ether oxygens (including phenoxy) is 1. The van der Waals surface area contributed by atoms with E-state index in [1.165, 1.54) is 0 Å². The quantitative estimate of drug-likeness (QED) is 0.470. The fourth-order valence-electron chi connectivity index (χ4n) is 0.814. The summed E-state index contributed by atoms with van der Waals surface area (Å²) in [4.78, 5) is 0. The molecule has 1 aliphatic heterocycles. The summed E-state index contributed by atoms with van der Waals surface area (Å²) in [5, 5.41) is 17.2. The van der Waals surface area contributed by atoms with E-state index in [0.717, 1.165) is 0 Å². The molecule has 1 heterocycles. The topological polar surface area (TPSA) is 49.7 Å². The van der Waals surface area contributed by atoms with Crippen LogP contribution in [0.2, 0.25) is 0 Å². The van der Waals surface area contributed by atoms with Crippen molar-refractivity contribution in [1.29, 1.82) is 0 Å². The van der Waals surface area contributed by atoms with E-state index in [-0.39, 0.29) is 18.8 Å². The van der Waals surface area contributed by atoms with Crippen LogP contribution in [0.25, 0.3) is 0 Å². The number of hydrogen-bond acceptors (Lipinski definition) is 3. The molecule has 1 saturated heterocycles. The highest BCUT2D eigenvalue weighted by Crippen LogP contribution is 2.11. The average molecular weight is 118 g/mol. The first-order chi connectivity index (χ1) is 3.83. The predicted octanol–water partition coefficient (Wildman–Crippen LogP) is -0.872. The van der Waals surface area contributed by atoms with Gasteiger partial charge in [-0.3, -0.25) is 0 Å². The average Bonchev–Trinajstić information content (AvgIpc) is 2.14. The molecule has 8 heavy (non-hydrogen) atoms. The van der Waals surface area contributed by atoms with Crippen LogP contribution >= 0.6 is 0 Å². The summed E-state index contributed by atoms with van der Waals surface area (Å²) in [6.07, 6.45) is 0.105. The van der Waals surface area contributed by atoms with Gasteiger partial charge in [0.05, 0.1) is 25.4 Å². The van der Waals surface area contributed by atoms with Gasteiger partial charge in [-0.05, 0) is 0 Å². The zero-order valence-electron chi connectivity index (χ0n) is 4.58. The summed E-state index contributed by atoms with van der Waals surface area (Å²) >= 11 is 0. The lowest BCUT2D eigenvalue weighted by Gasteiger charge is -2.00. The molecule has 1 aliphatic rings. The zero-order chi connectivity index (χ0) is 5.98. The van der Waals surface area contributed by atoms with Gasteiger partial charge < -0.3 is 14.9 Å². The molecule has 1 rings (SSSR count). The van der Waals surface area contributed by atoms with E-state index in [2.05, 4.69) is 0 Å². The summed E-state index contributed by atoms with van der Waals surface area (Å²) in [6, 6.07) is 0. The highest BCUT2D eigenvalue weighted by atomic mass is 16.5. The molecule has 0 amide bonds. The van der Waals surface area contributed by atoms with Crippen LogP contribution in [0.1, 0.15) is 6.42 Å². The normalized spacial score (nSPS) is 38.2. The Morgan fingerprint density at radius 1 is 1.62 bits per heavy atom. The monoisotopic (exact) mass is 118 g/mol. The van der Waals surface area contributed by atoms with Crippen molar-refractivity contribution in [3.8, 4) is 0 Å². The van der Waals surface area contributed by atoms with Crippen LogP contribution in [0, 0.1) is 0 Å². The summed E-state index contributed by atoms with van der Waals surface area (Å²) < 4.78 is 4.91. The van der Waals surface area contributed by atoms with Crippen molar-refractivity contribution < 1.29 is 14.9 Å². The van der Waals surface area contributed by atoms with E-state index in [4.69, 9.17) is 14.9 Å². The van der Waals surface area contributed by atoms with Gasteiger partial charge in [0.2, 0.25) is 0 Å². The van der Waals surface area contributed by atoms with Crippen LogP contribution in [0.3, 0.4) is 0 Å². The minimum atomic E-state index is -0.354. The third kappa shape index (κ3) is 1.18. The predicted molar refractivity (Wildman–Crippen MR) is 27.4 cm³/mol. The van der Waals surface area contributed by atoms with E-state index in [9.17, 15) is 0 Å². The van der Waals surface area contributed by atoms with Gasteiger partial charge >= 0.3 is 0 Å². The Labute approximate surface area is 47.9 Å². The Kier molecular flexibility index (Phi) is 1.83. The molecular formula is C5H10O3. The Balaban J connectivity index is 2.22. The fraction of sp³-hybridized carbons (Fsp3) is 1.00. The van der Waals surface area contributed by atoms with Crippen molar-refractivity contribution in [2.24, 2.45) is 0 Å². The summed E-state index contributed by atoms with van der Waals surface area (Å²) in [7, 11) is 0. The molecule has 0 aliphatic carbocycles. The largest absolute Gasteiger partial charge is 0.394 e. The summed E-state index contributed by atoms with van der Waals surface area (Å²) in [6.45, 7) is 0.405. The second kappa shape index (κ2) is 2.44. The molecule has 48 valence electrons. The summed E-state index contributed by atoms with van der Waals surface area (Å²) in [5.41, 5.74) is 0. The number of aliphatic hydroxyl groups excluding tert-OH is 2. The summed E-state index contributed by atoms with van der Waals surface area (Å²) in [5.74, 6) is 0. The van der Waals surface area contributed by atoms with E-state index >= 15 is 0 Å². The molecule has 0 aromatic rings. The molecular weight excluding hydrogens is 108 g/mol. The highest BCUT2D eigenvalue weighted by molar-refractivity contribution is 4.70. The van der Waals surface area contributed by atoms with E-state index in [1.807, 2.05) is 0 Å². The molecule has 0 radical (unpaired) electrons. The van der Waals surface area contributed by atoms with E-state index < -0.39 is 0 Å². The molecule has 3 nitrogen and oxygen atoms in total. The van der Waals surface area contributed by atoms with Crippen LogP contribution < -0.4 is 0 Å². The number of rotatable bonds is 1. The van der Waals surface area contributed by atoms with Crippen LogP contribution in [0.4, 0.5) is 0 Å². The lowest BCUT2D eigenvalue weighted by molar-refractivity contribution is 0.0516. The van der Waals surface area contributed by atoms with Gasteiger partial charge in [-0.2, -0.15) is 0 Å². The molecule has 2 N–H and O–H groups in total. The molecule has 1 fully saturated rings. The minimum absolute atomic E-state index is 0.0249. The molecule has 2 atom stereocenters. The minimum Gasteiger partial charge on any atom is -0.394 e. The highest BCUT2D eigenvalue weighted by Gasteiger charge is 2.21. The molecule has 1 unspecified atom stereocenters. The van der Waals surface area contributed by atoms with Gasteiger partial charge in [0, 0.05) is 6.42 Å². The van der Waals surface area contributed by atoms with Gasteiger partial charge in [0.15, 0.2) is 0 Å². The maximum absolute atomic E-state index is 8.79. The zero-order valence-corrected chi connectivity index (χ0v) is 4.58. The van der Waals surface area contributed by atoms with Crippen molar-refractivity contribution in [1.82, 2.24) is 0 Å². The van der Waals surface area contributed by atoms with Crippen LogP contribution in [0.15, 0.2) is 0 Å². The van der Waals surface area contributed by atoms with Gasteiger partial charge in [-0.25, -0.2) is 0 Å².